The van der Waals surface area contributed by atoms with Gasteiger partial charge in [-0.05, 0) is 28.3 Å². The maximum absolute atomic E-state index is 13.6. The second-order valence-electron chi connectivity index (χ2n) is 2.95. The molecule has 1 N–H and O–H groups in total. The average Bonchev–Trinajstić information content (AvgIpc) is 2.25. The number of thioether (sulfide) groups is 1. The molecule has 84 valence electrons. The molecule has 0 spiro atoms. The van der Waals surface area contributed by atoms with Crippen LogP contribution in [0.15, 0.2) is 20.5 Å². The second kappa shape index (κ2) is 4.35. The lowest BCUT2D eigenvalue weighted by Gasteiger charge is -2.04. The van der Waals surface area contributed by atoms with Gasteiger partial charge >= 0.3 is 0 Å². The fraction of sp³-hybridized carbons (Fsp3) is 0.111. The van der Waals surface area contributed by atoms with E-state index in [4.69, 9.17) is 11.6 Å². The van der Waals surface area contributed by atoms with Crippen molar-refractivity contribution in [1.82, 2.24) is 9.97 Å². The number of H-pyrrole nitrogens is 1. The van der Waals surface area contributed by atoms with Crippen LogP contribution in [0.1, 0.15) is 0 Å². The van der Waals surface area contributed by atoms with Crippen LogP contribution in [0.25, 0.3) is 10.9 Å². The molecule has 0 aliphatic carbocycles. The van der Waals surface area contributed by atoms with Crippen LogP contribution >= 0.6 is 39.3 Å². The van der Waals surface area contributed by atoms with Crippen LogP contribution < -0.4 is 5.56 Å². The van der Waals surface area contributed by atoms with E-state index >= 15 is 0 Å². The fourth-order valence-electron chi connectivity index (χ4n) is 1.29. The Morgan fingerprint density at radius 3 is 2.94 bits per heavy atom. The minimum Gasteiger partial charge on any atom is -0.301 e. The molecule has 0 radical (unpaired) electrons. The van der Waals surface area contributed by atoms with Gasteiger partial charge in [-0.25, -0.2) is 9.37 Å². The first-order valence-corrected chi connectivity index (χ1v) is 6.55. The van der Waals surface area contributed by atoms with Crippen LogP contribution in [0.3, 0.4) is 0 Å². The molecule has 0 unspecified atom stereocenters. The zero-order valence-corrected chi connectivity index (χ0v) is 11.1. The standard InChI is InChI=1S/C9H5BrClFN2OS/c1-16-9-13-7-4(12)2-3(11)6(10)5(7)8(15)14-9/h2H,1H3,(H,13,14,15). The van der Waals surface area contributed by atoms with Gasteiger partial charge < -0.3 is 4.98 Å². The van der Waals surface area contributed by atoms with Crippen molar-refractivity contribution in [2.45, 2.75) is 5.16 Å². The molecule has 0 atom stereocenters. The molecule has 0 saturated heterocycles. The molecule has 2 aromatic rings. The summed E-state index contributed by atoms with van der Waals surface area (Å²) in [6, 6.07) is 1.13. The first-order chi connectivity index (χ1) is 7.54. The number of nitrogens with zero attached hydrogens (tertiary/aromatic N) is 1. The molecule has 1 heterocycles. The third-order valence-electron chi connectivity index (χ3n) is 2.00. The Kier molecular flexibility index (Phi) is 3.23. The van der Waals surface area contributed by atoms with Gasteiger partial charge in [0.2, 0.25) is 0 Å². The Labute approximate surface area is 108 Å². The summed E-state index contributed by atoms with van der Waals surface area (Å²) in [6.07, 6.45) is 1.74. The molecule has 0 bridgehead atoms. The average molecular weight is 324 g/mol. The van der Waals surface area contributed by atoms with E-state index in [0.717, 1.165) is 6.07 Å². The normalized spacial score (nSPS) is 11.0. The van der Waals surface area contributed by atoms with Crippen LogP contribution in [0.4, 0.5) is 4.39 Å². The van der Waals surface area contributed by atoms with Gasteiger partial charge in [-0.1, -0.05) is 23.4 Å². The first-order valence-electron chi connectivity index (χ1n) is 4.16. The third-order valence-corrected chi connectivity index (χ3v) is 3.93. The molecule has 3 nitrogen and oxygen atoms in total. The molecule has 0 saturated carbocycles. The van der Waals surface area contributed by atoms with Crippen molar-refractivity contribution in [3.05, 3.63) is 31.7 Å². The van der Waals surface area contributed by atoms with Crippen LogP contribution in [0.2, 0.25) is 5.02 Å². The van der Waals surface area contributed by atoms with Crippen molar-refractivity contribution in [3.8, 4) is 0 Å². The summed E-state index contributed by atoms with van der Waals surface area (Å²) < 4.78 is 13.9. The lowest BCUT2D eigenvalue weighted by atomic mass is 10.2. The van der Waals surface area contributed by atoms with E-state index in [1.807, 2.05) is 0 Å². The molecule has 0 amide bonds. The Morgan fingerprint density at radius 1 is 1.62 bits per heavy atom. The number of aromatic nitrogens is 2. The van der Waals surface area contributed by atoms with Crippen molar-refractivity contribution in [2.75, 3.05) is 6.26 Å². The zero-order chi connectivity index (χ0) is 11.9. The third kappa shape index (κ3) is 1.85. The highest BCUT2D eigenvalue weighted by molar-refractivity contribution is 9.10. The van der Waals surface area contributed by atoms with E-state index in [-0.39, 0.29) is 15.9 Å². The van der Waals surface area contributed by atoms with Crippen molar-refractivity contribution >= 4 is 50.2 Å². The maximum Gasteiger partial charge on any atom is 0.260 e. The Bertz CT molecular complexity index is 631. The molecule has 16 heavy (non-hydrogen) atoms. The van der Waals surface area contributed by atoms with Gasteiger partial charge in [0, 0.05) is 0 Å². The lowest BCUT2D eigenvalue weighted by molar-refractivity contribution is 0.634. The molecule has 1 aromatic carbocycles. The molecular weight excluding hydrogens is 319 g/mol. The predicted octanol–water partition coefficient (Wildman–Crippen LogP) is 3.20. The molecule has 0 aliphatic rings. The van der Waals surface area contributed by atoms with E-state index in [0.29, 0.717) is 9.63 Å². The van der Waals surface area contributed by atoms with Gasteiger partial charge in [-0.15, -0.1) is 0 Å². The van der Waals surface area contributed by atoms with Crippen LogP contribution in [-0.2, 0) is 0 Å². The highest BCUT2D eigenvalue weighted by Gasteiger charge is 2.14. The van der Waals surface area contributed by atoms with Gasteiger partial charge in [-0.3, -0.25) is 4.79 Å². The van der Waals surface area contributed by atoms with Gasteiger partial charge in [0.05, 0.1) is 14.9 Å². The summed E-state index contributed by atoms with van der Waals surface area (Å²) in [5.74, 6) is -0.607. The molecular formula is C9H5BrClFN2OS. The molecule has 0 aliphatic heterocycles. The Morgan fingerprint density at radius 2 is 2.31 bits per heavy atom. The summed E-state index contributed by atoms with van der Waals surface area (Å²) in [6.45, 7) is 0. The summed E-state index contributed by atoms with van der Waals surface area (Å²) in [4.78, 5) is 18.3. The lowest BCUT2D eigenvalue weighted by Crippen LogP contribution is -2.10. The second-order valence-corrected chi connectivity index (χ2v) is 4.95. The quantitative estimate of drug-likeness (QED) is 0.498. The molecule has 2 rings (SSSR count). The molecule has 1 aromatic heterocycles. The van der Waals surface area contributed by atoms with Crippen molar-refractivity contribution in [1.29, 1.82) is 0 Å². The summed E-state index contributed by atoms with van der Waals surface area (Å²) in [5.41, 5.74) is -0.396. The number of halogens is 3. The van der Waals surface area contributed by atoms with E-state index in [9.17, 15) is 9.18 Å². The molecule has 7 heteroatoms. The number of nitrogens with one attached hydrogen (secondary N) is 1. The van der Waals surface area contributed by atoms with Crippen molar-refractivity contribution < 1.29 is 4.39 Å². The smallest absolute Gasteiger partial charge is 0.260 e. The Balaban J connectivity index is 3.00. The van der Waals surface area contributed by atoms with Gasteiger partial charge in [0.15, 0.2) is 11.0 Å². The highest BCUT2D eigenvalue weighted by Crippen LogP contribution is 2.30. The first kappa shape index (κ1) is 11.9. The number of aromatic amines is 1. The number of hydrogen-bond donors (Lipinski definition) is 1. The largest absolute Gasteiger partial charge is 0.301 e. The Hall–Kier alpha value is -0.590. The van der Waals surface area contributed by atoms with Gasteiger partial charge in [0.1, 0.15) is 5.52 Å². The molecule has 0 fully saturated rings. The van der Waals surface area contributed by atoms with Gasteiger partial charge in [-0.2, -0.15) is 0 Å². The van der Waals surface area contributed by atoms with E-state index < -0.39 is 11.4 Å². The maximum atomic E-state index is 13.6. The van der Waals surface area contributed by atoms with Crippen molar-refractivity contribution in [2.24, 2.45) is 0 Å². The van der Waals surface area contributed by atoms with E-state index in [1.54, 1.807) is 6.26 Å². The monoisotopic (exact) mass is 322 g/mol. The number of rotatable bonds is 1. The summed E-state index contributed by atoms with van der Waals surface area (Å²) in [7, 11) is 0. The number of hydrogen-bond acceptors (Lipinski definition) is 3. The number of benzene rings is 1. The van der Waals surface area contributed by atoms with Crippen LogP contribution in [0, 0.1) is 5.82 Å². The minimum absolute atomic E-state index is 0.0179. The fourth-order valence-corrected chi connectivity index (χ4v) is 2.34. The zero-order valence-electron chi connectivity index (χ0n) is 7.97. The summed E-state index contributed by atoms with van der Waals surface area (Å²) in [5, 5.41) is 0.641. The topological polar surface area (TPSA) is 45.8 Å². The SMILES string of the molecule is CSc1nc2c(F)cc(Cl)c(Br)c2c(=O)[nH]1. The van der Waals surface area contributed by atoms with E-state index in [1.165, 1.54) is 11.8 Å². The highest BCUT2D eigenvalue weighted by atomic mass is 79.9. The van der Waals surface area contributed by atoms with E-state index in [2.05, 4.69) is 25.9 Å². The van der Waals surface area contributed by atoms with Gasteiger partial charge in [0.25, 0.3) is 5.56 Å². The van der Waals surface area contributed by atoms with Crippen LogP contribution in [-0.4, -0.2) is 16.2 Å². The minimum atomic E-state index is -0.607. The van der Waals surface area contributed by atoms with Crippen molar-refractivity contribution in [3.63, 3.8) is 0 Å². The summed E-state index contributed by atoms with van der Waals surface area (Å²) >= 11 is 10.1. The van der Waals surface area contributed by atoms with Crippen LogP contribution in [0.5, 0.6) is 0 Å². The predicted molar refractivity (Wildman–Crippen MR) is 66.8 cm³/mol. The number of fused-ring (bicyclic) bond motifs is 1.